The SMILES string of the molecule is O=c1c2ccccc2nc(SCc2cc([N+](=O)[O-])cc3c2OCOC3)n1Cc1ccccc1Cl. The van der Waals surface area contributed by atoms with Crippen LogP contribution >= 0.6 is 23.4 Å². The molecule has 3 aromatic carbocycles. The number of rotatable bonds is 6. The number of fused-ring (bicyclic) bond motifs is 2. The normalized spacial score (nSPS) is 12.9. The molecule has 4 aromatic rings. The van der Waals surface area contributed by atoms with E-state index in [0.717, 1.165) is 5.56 Å². The van der Waals surface area contributed by atoms with E-state index in [2.05, 4.69) is 0 Å². The highest BCUT2D eigenvalue weighted by Crippen LogP contribution is 2.36. The molecule has 0 atom stereocenters. The molecular formula is C24H18ClN3O5S. The number of nitro groups is 1. The number of nitrogens with zero attached hydrogens (tertiary/aromatic N) is 3. The molecule has 0 saturated carbocycles. The van der Waals surface area contributed by atoms with Gasteiger partial charge in [-0.2, -0.15) is 0 Å². The average Bonchev–Trinajstić information content (AvgIpc) is 2.85. The minimum Gasteiger partial charge on any atom is -0.467 e. The predicted octanol–water partition coefficient (Wildman–Crippen LogP) is 5.17. The molecule has 1 aliphatic heterocycles. The molecule has 0 aliphatic carbocycles. The number of non-ortho nitro benzene ring substituents is 1. The first-order valence-corrected chi connectivity index (χ1v) is 11.7. The summed E-state index contributed by atoms with van der Waals surface area (Å²) in [4.78, 5) is 29.1. The highest BCUT2D eigenvalue weighted by molar-refractivity contribution is 7.98. The Labute approximate surface area is 203 Å². The van der Waals surface area contributed by atoms with Gasteiger partial charge in [0, 0.05) is 34.0 Å². The smallest absolute Gasteiger partial charge is 0.270 e. The molecule has 0 fully saturated rings. The van der Waals surface area contributed by atoms with Crippen molar-refractivity contribution in [3.8, 4) is 5.75 Å². The topological polar surface area (TPSA) is 96.5 Å². The lowest BCUT2D eigenvalue weighted by molar-refractivity contribution is -0.385. The Bertz CT molecular complexity index is 1470. The number of nitro benzene ring substituents is 1. The zero-order chi connectivity index (χ0) is 23.7. The van der Waals surface area contributed by atoms with Crippen molar-refractivity contribution in [2.24, 2.45) is 0 Å². The molecule has 34 heavy (non-hydrogen) atoms. The lowest BCUT2D eigenvalue weighted by Crippen LogP contribution is -2.24. The minimum absolute atomic E-state index is 0.0385. The monoisotopic (exact) mass is 495 g/mol. The molecule has 1 aliphatic rings. The van der Waals surface area contributed by atoms with Crippen molar-refractivity contribution in [1.82, 2.24) is 9.55 Å². The van der Waals surface area contributed by atoms with Crippen LogP contribution in [-0.4, -0.2) is 21.3 Å². The Kier molecular flexibility index (Phi) is 6.23. The number of para-hydroxylation sites is 1. The van der Waals surface area contributed by atoms with E-state index in [0.29, 0.717) is 43.7 Å². The van der Waals surface area contributed by atoms with Crippen molar-refractivity contribution < 1.29 is 14.4 Å². The standard InChI is InChI=1S/C24H18ClN3O5S/c25-20-7-3-1-5-15(20)11-27-23(29)19-6-2-4-8-21(19)26-24(27)34-13-17-10-18(28(30)31)9-16-12-32-14-33-22(16)17/h1-10H,11-14H2. The fraction of sp³-hybridized carbons (Fsp3) is 0.167. The van der Waals surface area contributed by atoms with Crippen molar-refractivity contribution in [2.75, 3.05) is 6.79 Å². The molecule has 0 amide bonds. The number of halogens is 1. The summed E-state index contributed by atoms with van der Waals surface area (Å²) >= 11 is 7.67. The van der Waals surface area contributed by atoms with E-state index < -0.39 is 4.92 Å². The van der Waals surface area contributed by atoms with Crippen LogP contribution < -0.4 is 10.3 Å². The van der Waals surface area contributed by atoms with Gasteiger partial charge in [0.1, 0.15) is 5.75 Å². The largest absolute Gasteiger partial charge is 0.467 e. The summed E-state index contributed by atoms with van der Waals surface area (Å²) in [6.45, 7) is 0.560. The number of hydrogen-bond acceptors (Lipinski definition) is 7. The molecule has 172 valence electrons. The summed E-state index contributed by atoms with van der Waals surface area (Å²) in [7, 11) is 0. The second kappa shape index (κ2) is 9.46. The van der Waals surface area contributed by atoms with E-state index >= 15 is 0 Å². The van der Waals surface area contributed by atoms with Gasteiger partial charge in [0.25, 0.3) is 11.2 Å². The minimum atomic E-state index is -0.440. The molecule has 5 rings (SSSR count). The van der Waals surface area contributed by atoms with Gasteiger partial charge in [-0.15, -0.1) is 0 Å². The van der Waals surface area contributed by atoms with Gasteiger partial charge >= 0.3 is 0 Å². The van der Waals surface area contributed by atoms with Crippen LogP contribution in [0.25, 0.3) is 10.9 Å². The zero-order valence-corrected chi connectivity index (χ0v) is 19.3. The van der Waals surface area contributed by atoms with E-state index in [-0.39, 0.29) is 31.2 Å². The first-order valence-electron chi connectivity index (χ1n) is 10.4. The van der Waals surface area contributed by atoms with Crippen LogP contribution in [0.3, 0.4) is 0 Å². The van der Waals surface area contributed by atoms with Crippen molar-refractivity contribution in [1.29, 1.82) is 0 Å². The molecular weight excluding hydrogens is 478 g/mol. The number of ether oxygens (including phenoxy) is 2. The van der Waals surface area contributed by atoms with Crippen LogP contribution in [0, 0.1) is 10.1 Å². The third-order valence-electron chi connectivity index (χ3n) is 5.45. The summed E-state index contributed by atoms with van der Waals surface area (Å²) in [6.07, 6.45) is 0. The van der Waals surface area contributed by atoms with Crippen molar-refractivity contribution in [2.45, 2.75) is 24.1 Å². The third-order valence-corrected chi connectivity index (χ3v) is 6.85. The zero-order valence-electron chi connectivity index (χ0n) is 17.8. The Morgan fingerprint density at radius 1 is 1.12 bits per heavy atom. The van der Waals surface area contributed by atoms with Crippen molar-refractivity contribution in [3.63, 3.8) is 0 Å². The molecule has 0 saturated heterocycles. The Balaban J connectivity index is 1.57. The van der Waals surface area contributed by atoms with E-state index in [9.17, 15) is 14.9 Å². The van der Waals surface area contributed by atoms with E-state index in [4.69, 9.17) is 26.1 Å². The maximum atomic E-state index is 13.4. The molecule has 2 heterocycles. The molecule has 1 aromatic heterocycles. The van der Waals surface area contributed by atoms with Crippen molar-refractivity contribution in [3.05, 3.63) is 103 Å². The summed E-state index contributed by atoms with van der Waals surface area (Å²) in [6, 6.07) is 17.4. The number of hydrogen-bond donors (Lipinski definition) is 0. The van der Waals surface area contributed by atoms with Crippen molar-refractivity contribution >= 4 is 40.0 Å². The highest BCUT2D eigenvalue weighted by atomic mass is 35.5. The number of thioether (sulfide) groups is 1. The summed E-state index contributed by atoms with van der Waals surface area (Å²) in [5.41, 5.74) is 2.41. The predicted molar refractivity (Wildman–Crippen MR) is 129 cm³/mol. The van der Waals surface area contributed by atoms with Gasteiger partial charge in [-0.05, 0) is 23.8 Å². The lowest BCUT2D eigenvalue weighted by Gasteiger charge is -2.20. The second-order valence-electron chi connectivity index (χ2n) is 7.64. The molecule has 10 heteroatoms. The van der Waals surface area contributed by atoms with Gasteiger partial charge in [0.05, 0.1) is 29.0 Å². The highest BCUT2D eigenvalue weighted by Gasteiger charge is 2.22. The fourth-order valence-corrected chi connectivity index (χ4v) is 4.99. The molecule has 0 spiro atoms. The first kappa shape index (κ1) is 22.4. The quantitative estimate of drug-likeness (QED) is 0.158. The fourth-order valence-electron chi connectivity index (χ4n) is 3.83. The maximum absolute atomic E-state index is 13.4. The third kappa shape index (κ3) is 4.37. The molecule has 0 radical (unpaired) electrons. The molecule has 0 bridgehead atoms. The van der Waals surface area contributed by atoms with E-state index in [1.165, 1.54) is 23.9 Å². The van der Waals surface area contributed by atoms with Crippen LogP contribution in [0.1, 0.15) is 16.7 Å². The van der Waals surface area contributed by atoms with E-state index in [1.54, 1.807) is 28.8 Å². The van der Waals surface area contributed by atoms with Gasteiger partial charge in [-0.3, -0.25) is 19.5 Å². The molecule has 8 nitrogen and oxygen atoms in total. The Morgan fingerprint density at radius 3 is 2.74 bits per heavy atom. The van der Waals surface area contributed by atoms with Crippen LogP contribution in [0.4, 0.5) is 5.69 Å². The first-order chi connectivity index (χ1) is 16.5. The molecule has 0 N–H and O–H groups in total. The van der Waals surface area contributed by atoms with Crippen LogP contribution in [0.5, 0.6) is 5.75 Å². The Morgan fingerprint density at radius 2 is 1.91 bits per heavy atom. The van der Waals surface area contributed by atoms with Gasteiger partial charge in [-0.25, -0.2) is 4.98 Å². The maximum Gasteiger partial charge on any atom is 0.270 e. The summed E-state index contributed by atoms with van der Waals surface area (Å²) in [5.74, 6) is 0.891. The van der Waals surface area contributed by atoms with Crippen LogP contribution in [0.2, 0.25) is 5.02 Å². The van der Waals surface area contributed by atoms with E-state index in [1.807, 2.05) is 24.3 Å². The van der Waals surface area contributed by atoms with Gasteiger partial charge in [0.2, 0.25) is 0 Å². The van der Waals surface area contributed by atoms with Crippen LogP contribution in [0.15, 0.2) is 70.6 Å². The van der Waals surface area contributed by atoms with Gasteiger partial charge < -0.3 is 9.47 Å². The second-order valence-corrected chi connectivity index (χ2v) is 8.99. The summed E-state index contributed by atoms with van der Waals surface area (Å²) < 4.78 is 12.5. The Hall–Kier alpha value is -3.40. The number of benzene rings is 3. The lowest BCUT2D eigenvalue weighted by atomic mass is 10.1. The van der Waals surface area contributed by atoms with Crippen LogP contribution in [-0.2, 0) is 23.6 Å². The average molecular weight is 496 g/mol. The molecule has 0 unspecified atom stereocenters. The summed E-state index contributed by atoms with van der Waals surface area (Å²) in [5, 5.41) is 13.0. The number of aromatic nitrogens is 2. The van der Waals surface area contributed by atoms with Gasteiger partial charge in [0.15, 0.2) is 11.9 Å². The van der Waals surface area contributed by atoms with Gasteiger partial charge in [-0.1, -0.05) is 53.7 Å².